The molecule has 2 N–H and O–H groups in total. The second-order valence-electron chi connectivity index (χ2n) is 5.37. The highest BCUT2D eigenvalue weighted by atomic mass is 16.3. The van der Waals surface area contributed by atoms with E-state index in [0.29, 0.717) is 5.56 Å². The molecule has 0 bridgehead atoms. The summed E-state index contributed by atoms with van der Waals surface area (Å²) in [5.41, 5.74) is 1.71. The van der Waals surface area contributed by atoms with Crippen LogP contribution in [0.3, 0.4) is 0 Å². The Morgan fingerprint density at radius 1 is 1.21 bits per heavy atom. The third-order valence-corrected chi connectivity index (χ3v) is 3.69. The second kappa shape index (κ2) is 6.06. The van der Waals surface area contributed by atoms with Gasteiger partial charge in [-0.2, -0.15) is 0 Å². The standard InChI is InChI=1S/C15H22N2O2/c1-17(2)12-9-7-11(8-10-12)15(19)16-13-5-3-4-6-14(13)18/h7-10,13-14,18H,3-6H2,1-2H3,(H,16,19)/t13-,14+/m0/s1. The van der Waals surface area contributed by atoms with Gasteiger partial charge >= 0.3 is 0 Å². The van der Waals surface area contributed by atoms with Crippen LogP contribution >= 0.6 is 0 Å². The van der Waals surface area contributed by atoms with Crippen LogP contribution < -0.4 is 10.2 Å². The number of hydrogen-bond acceptors (Lipinski definition) is 3. The van der Waals surface area contributed by atoms with Gasteiger partial charge in [0, 0.05) is 25.3 Å². The fourth-order valence-electron chi connectivity index (χ4n) is 2.44. The van der Waals surface area contributed by atoms with Crippen molar-refractivity contribution in [1.29, 1.82) is 0 Å². The molecule has 4 nitrogen and oxygen atoms in total. The molecule has 0 unspecified atom stereocenters. The molecule has 0 radical (unpaired) electrons. The van der Waals surface area contributed by atoms with E-state index < -0.39 is 6.10 Å². The lowest BCUT2D eigenvalue weighted by molar-refractivity contribution is 0.0717. The van der Waals surface area contributed by atoms with E-state index in [9.17, 15) is 9.90 Å². The Morgan fingerprint density at radius 2 is 1.84 bits per heavy atom. The molecule has 0 heterocycles. The number of amides is 1. The van der Waals surface area contributed by atoms with Crippen molar-refractivity contribution >= 4 is 11.6 Å². The number of aliphatic hydroxyl groups is 1. The number of rotatable bonds is 3. The Bertz CT molecular complexity index is 428. The number of anilines is 1. The van der Waals surface area contributed by atoms with Crippen molar-refractivity contribution in [3.8, 4) is 0 Å². The topological polar surface area (TPSA) is 52.6 Å². The van der Waals surface area contributed by atoms with E-state index in [1.807, 2.05) is 43.3 Å². The lowest BCUT2D eigenvalue weighted by Crippen LogP contribution is -2.45. The van der Waals surface area contributed by atoms with Crippen molar-refractivity contribution in [3.63, 3.8) is 0 Å². The minimum Gasteiger partial charge on any atom is -0.391 e. The number of carbonyl (C=O) groups is 1. The first-order valence-corrected chi connectivity index (χ1v) is 6.84. The Kier molecular flexibility index (Phi) is 4.43. The van der Waals surface area contributed by atoms with Crippen LogP contribution in [0.15, 0.2) is 24.3 Å². The molecule has 1 amide bonds. The van der Waals surface area contributed by atoms with Gasteiger partial charge in [-0.1, -0.05) is 12.8 Å². The quantitative estimate of drug-likeness (QED) is 0.873. The molecule has 1 saturated carbocycles. The highest BCUT2D eigenvalue weighted by Gasteiger charge is 2.24. The molecule has 19 heavy (non-hydrogen) atoms. The summed E-state index contributed by atoms with van der Waals surface area (Å²) < 4.78 is 0. The van der Waals surface area contributed by atoms with E-state index in [1.165, 1.54) is 0 Å². The van der Waals surface area contributed by atoms with Crippen LogP contribution in [0.1, 0.15) is 36.0 Å². The van der Waals surface area contributed by atoms with E-state index in [-0.39, 0.29) is 11.9 Å². The summed E-state index contributed by atoms with van der Waals surface area (Å²) in [6, 6.07) is 7.38. The zero-order chi connectivity index (χ0) is 13.8. The molecule has 0 spiro atoms. The largest absolute Gasteiger partial charge is 0.391 e. The van der Waals surface area contributed by atoms with E-state index in [1.54, 1.807) is 0 Å². The van der Waals surface area contributed by atoms with Crippen LogP contribution in [0.5, 0.6) is 0 Å². The Labute approximate surface area is 114 Å². The van der Waals surface area contributed by atoms with E-state index in [2.05, 4.69) is 5.32 Å². The Balaban J connectivity index is 1.99. The molecule has 0 aromatic heterocycles. The number of benzene rings is 1. The maximum absolute atomic E-state index is 12.1. The zero-order valence-electron chi connectivity index (χ0n) is 11.6. The van der Waals surface area contributed by atoms with Gasteiger partial charge in [-0.3, -0.25) is 4.79 Å². The minimum absolute atomic E-state index is 0.101. The number of nitrogens with one attached hydrogen (secondary N) is 1. The van der Waals surface area contributed by atoms with Gasteiger partial charge < -0.3 is 15.3 Å². The first-order chi connectivity index (χ1) is 9.08. The Hall–Kier alpha value is -1.55. The molecule has 2 atom stereocenters. The molecule has 1 aliphatic carbocycles. The highest BCUT2D eigenvalue weighted by Crippen LogP contribution is 2.19. The van der Waals surface area contributed by atoms with E-state index >= 15 is 0 Å². The normalized spacial score (nSPS) is 22.9. The summed E-state index contributed by atoms with van der Waals surface area (Å²) in [5.74, 6) is -0.101. The summed E-state index contributed by atoms with van der Waals surface area (Å²) in [4.78, 5) is 14.1. The number of hydrogen-bond donors (Lipinski definition) is 2. The molecule has 1 aromatic rings. The average Bonchev–Trinajstić information content (AvgIpc) is 2.41. The van der Waals surface area contributed by atoms with Gasteiger partial charge in [0.15, 0.2) is 0 Å². The maximum Gasteiger partial charge on any atom is 0.251 e. The van der Waals surface area contributed by atoms with Crippen LogP contribution in [0.25, 0.3) is 0 Å². The molecule has 2 rings (SSSR count). The van der Waals surface area contributed by atoms with E-state index in [4.69, 9.17) is 0 Å². The second-order valence-corrected chi connectivity index (χ2v) is 5.37. The molecular weight excluding hydrogens is 240 g/mol. The minimum atomic E-state index is -0.404. The van der Waals surface area contributed by atoms with E-state index in [0.717, 1.165) is 31.4 Å². The van der Waals surface area contributed by atoms with Crippen molar-refractivity contribution in [1.82, 2.24) is 5.32 Å². The fraction of sp³-hybridized carbons (Fsp3) is 0.533. The fourth-order valence-corrected chi connectivity index (χ4v) is 2.44. The molecule has 4 heteroatoms. The summed E-state index contributed by atoms with van der Waals surface area (Å²) >= 11 is 0. The summed E-state index contributed by atoms with van der Waals surface area (Å²) in [6.45, 7) is 0. The van der Waals surface area contributed by atoms with Crippen LogP contribution in [0, 0.1) is 0 Å². The van der Waals surface area contributed by atoms with Crippen LogP contribution in [0.4, 0.5) is 5.69 Å². The predicted molar refractivity (Wildman–Crippen MR) is 76.5 cm³/mol. The smallest absolute Gasteiger partial charge is 0.251 e. The third kappa shape index (κ3) is 3.47. The van der Waals surface area contributed by atoms with Gasteiger partial charge in [-0.15, -0.1) is 0 Å². The predicted octanol–water partition coefficient (Wildman–Crippen LogP) is 1.79. The summed E-state index contributed by atoms with van der Waals surface area (Å²) in [7, 11) is 3.93. The average molecular weight is 262 g/mol. The summed E-state index contributed by atoms with van der Waals surface area (Å²) in [5, 5.41) is 12.8. The molecule has 1 fully saturated rings. The van der Waals surface area contributed by atoms with Crippen molar-refractivity contribution in [2.24, 2.45) is 0 Å². The summed E-state index contributed by atoms with van der Waals surface area (Å²) in [6.07, 6.45) is 3.36. The van der Waals surface area contributed by atoms with Crippen LogP contribution in [0.2, 0.25) is 0 Å². The molecule has 0 saturated heterocycles. The molecular formula is C15H22N2O2. The highest BCUT2D eigenvalue weighted by molar-refractivity contribution is 5.94. The molecule has 0 aliphatic heterocycles. The lowest BCUT2D eigenvalue weighted by Gasteiger charge is -2.28. The first kappa shape index (κ1) is 13.9. The van der Waals surface area contributed by atoms with Gasteiger partial charge in [-0.25, -0.2) is 0 Å². The van der Waals surface area contributed by atoms with Gasteiger partial charge in [0.05, 0.1) is 12.1 Å². The van der Waals surface area contributed by atoms with Gasteiger partial charge in [-0.05, 0) is 37.1 Å². The van der Waals surface area contributed by atoms with Crippen molar-refractivity contribution in [3.05, 3.63) is 29.8 Å². The SMILES string of the molecule is CN(C)c1ccc(C(=O)N[C@H]2CCCC[C@H]2O)cc1. The number of aliphatic hydroxyl groups excluding tert-OH is 1. The third-order valence-electron chi connectivity index (χ3n) is 3.69. The van der Waals surface area contributed by atoms with Gasteiger partial charge in [0.2, 0.25) is 0 Å². The zero-order valence-corrected chi connectivity index (χ0v) is 11.6. The number of nitrogens with zero attached hydrogens (tertiary/aromatic N) is 1. The van der Waals surface area contributed by atoms with Crippen LogP contribution in [-0.2, 0) is 0 Å². The molecule has 1 aliphatic rings. The van der Waals surface area contributed by atoms with Gasteiger partial charge in [0.1, 0.15) is 0 Å². The van der Waals surface area contributed by atoms with Crippen molar-refractivity contribution in [2.75, 3.05) is 19.0 Å². The van der Waals surface area contributed by atoms with Gasteiger partial charge in [0.25, 0.3) is 5.91 Å². The maximum atomic E-state index is 12.1. The van der Waals surface area contributed by atoms with Crippen molar-refractivity contribution in [2.45, 2.75) is 37.8 Å². The molecule has 1 aromatic carbocycles. The Morgan fingerprint density at radius 3 is 2.42 bits per heavy atom. The number of carbonyl (C=O) groups excluding carboxylic acids is 1. The van der Waals surface area contributed by atoms with Crippen molar-refractivity contribution < 1.29 is 9.90 Å². The van der Waals surface area contributed by atoms with Crippen LogP contribution in [-0.4, -0.2) is 37.3 Å². The lowest BCUT2D eigenvalue weighted by atomic mass is 9.92. The monoisotopic (exact) mass is 262 g/mol. The first-order valence-electron chi connectivity index (χ1n) is 6.84. The molecule has 104 valence electrons.